The maximum atomic E-state index is 12.1. The van der Waals surface area contributed by atoms with Gasteiger partial charge >= 0.3 is 15.6 Å². The van der Waals surface area contributed by atoms with E-state index >= 15 is 0 Å². The number of phosphoric ester groups is 2. The van der Waals surface area contributed by atoms with E-state index in [0.717, 1.165) is 0 Å². The van der Waals surface area contributed by atoms with Crippen LogP contribution in [0.25, 0.3) is 0 Å². The van der Waals surface area contributed by atoms with Crippen LogP contribution in [0.1, 0.15) is 0 Å². The summed E-state index contributed by atoms with van der Waals surface area (Å²) < 4.78 is 45.8. The van der Waals surface area contributed by atoms with Gasteiger partial charge in [-0.1, -0.05) is 0 Å². The molecule has 0 aliphatic carbocycles. The lowest BCUT2D eigenvalue weighted by Crippen LogP contribution is -2.59. The van der Waals surface area contributed by atoms with Crippen molar-refractivity contribution < 1.29 is 82.6 Å². The van der Waals surface area contributed by atoms with Crippen LogP contribution < -0.4 is 0 Å². The molecule has 2 fully saturated rings. The number of aliphatic hydroxyl groups is 7. The Labute approximate surface area is 173 Å². The molecule has 0 radical (unpaired) electrons. The average Bonchev–Trinajstić information content (AvgIpc) is 2.66. The number of ether oxygens (including phenoxy) is 2. The van der Waals surface area contributed by atoms with Gasteiger partial charge in [-0.2, -0.15) is 0 Å². The molecule has 0 spiro atoms. The fraction of sp³-hybridized carbons (Fsp3) is 1.00. The van der Waals surface area contributed by atoms with Crippen LogP contribution in [0.3, 0.4) is 0 Å². The third-order valence-electron chi connectivity index (χ3n) is 4.40. The van der Waals surface area contributed by atoms with Crippen molar-refractivity contribution in [2.75, 3.05) is 13.2 Å². The highest BCUT2D eigenvalue weighted by Crippen LogP contribution is 2.47. The predicted octanol–water partition coefficient (Wildman–Crippen LogP) is -5.16. The molecular weight excluding hydrogens is 478 g/mol. The van der Waals surface area contributed by atoms with E-state index in [4.69, 9.17) is 19.3 Å². The van der Waals surface area contributed by atoms with Crippen LogP contribution in [0.4, 0.5) is 0 Å². The lowest BCUT2D eigenvalue weighted by atomic mass is 9.99. The van der Waals surface area contributed by atoms with Crippen molar-refractivity contribution >= 4 is 15.6 Å². The van der Waals surface area contributed by atoms with Crippen molar-refractivity contribution in [3.8, 4) is 0 Å². The lowest BCUT2D eigenvalue weighted by molar-refractivity contribution is -0.289. The van der Waals surface area contributed by atoms with E-state index < -0.39 is 90.3 Å². The van der Waals surface area contributed by atoms with Crippen molar-refractivity contribution in [1.82, 2.24) is 0 Å². The molecule has 2 heterocycles. The molecule has 17 nitrogen and oxygen atoms in total. The quantitative estimate of drug-likeness (QED) is 0.139. The summed E-state index contributed by atoms with van der Waals surface area (Å²) in [6.07, 6.45) is -19.0. The molecule has 10 N–H and O–H groups in total. The summed E-state index contributed by atoms with van der Waals surface area (Å²) in [6, 6.07) is 0. The minimum atomic E-state index is -5.16. The molecular formula is C12H24O17P2. The predicted molar refractivity (Wildman–Crippen MR) is 90.4 cm³/mol. The summed E-state index contributed by atoms with van der Waals surface area (Å²) in [5, 5.41) is 67.6. The van der Waals surface area contributed by atoms with Crippen LogP contribution in [0.2, 0.25) is 0 Å². The maximum absolute atomic E-state index is 12.1. The molecule has 11 atom stereocenters. The van der Waals surface area contributed by atoms with Gasteiger partial charge in [-0.05, 0) is 0 Å². The van der Waals surface area contributed by atoms with Gasteiger partial charge in [0.2, 0.25) is 0 Å². The molecule has 19 heteroatoms. The van der Waals surface area contributed by atoms with Gasteiger partial charge in [0.15, 0.2) is 12.6 Å². The molecule has 0 amide bonds. The molecule has 0 aromatic rings. The van der Waals surface area contributed by atoms with Crippen LogP contribution in [0, 0.1) is 0 Å². The monoisotopic (exact) mass is 502 g/mol. The van der Waals surface area contributed by atoms with Crippen LogP contribution in [-0.4, -0.2) is 125 Å². The van der Waals surface area contributed by atoms with Gasteiger partial charge in [-0.3, -0.25) is 13.6 Å². The highest BCUT2D eigenvalue weighted by atomic mass is 31.2. The van der Waals surface area contributed by atoms with Gasteiger partial charge in [0.1, 0.15) is 48.8 Å². The maximum Gasteiger partial charge on any atom is 0.474 e. The Hall–Kier alpha value is -0.140. The second-order valence-corrected chi connectivity index (χ2v) is 9.35. The Balaban J connectivity index is 1.98. The van der Waals surface area contributed by atoms with Gasteiger partial charge in [0, 0.05) is 0 Å². The number of hydrogen-bond acceptors (Lipinski definition) is 14. The minimum Gasteiger partial charge on any atom is -0.387 e. The molecule has 1 unspecified atom stereocenters. The van der Waals surface area contributed by atoms with E-state index in [1.165, 1.54) is 0 Å². The van der Waals surface area contributed by atoms with Gasteiger partial charge in [0.25, 0.3) is 0 Å². The lowest BCUT2D eigenvalue weighted by Gasteiger charge is -2.40. The van der Waals surface area contributed by atoms with E-state index in [-0.39, 0.29) is 0 Å². The first kappa shape index (κ1) is 27.1. The van der Waals surface area contributed by atoms with Crippen molar-refractivity contribution in [2.45, 2.75) is 61.4 Å². The molecule has 0 saturated carbocycles. The molecule has 2 aliphatic heterocycles. The summed E-state index contributed by atoms with van der Waals surface area (Å²) in [4.78, 5) is 27.2. The number of rotatable bonds is 8. The summed E-state index contributed by atoms with van der Waals surface area (Å²) in [5.41, 5.74) is 0. The van der Waals surface area contributed by atoms with Gasteiger partial charge in [0.05, 0.1) is 13.2 Å². The first-order valence-corrected chi connectivity index (χ1v) is 11.6. The molecule has 2 aliphatic rings. The van der Waals surface area contributed by atoms with E-state index in [1.807, 2.05) is 0 Å². The SMILES string of the molecule is O=P(O)(O)OC[C@H]1O[C@H](OP(=O)(O)OC[C@H]2O[C@H](O)[C@@H](O)[C@@H](O)[C@@H]2O)[C@@H](O)[C@@H](O)[C@@H]1O. The first-order valence-electron chi connectivity index (χ1n) is 8.56. The smallest absolute Gasteiger partial charge is 0.387 e. The van der Waals surface area contributed by atoms with Crippen LogP contribution in [-0.2, 0) is 32.2 Å². The van der Waals surface area contributed by atoms with E-state index in [0.29, 0.717) is 0 Å². The molecule has 2 saturated heterocycles. The molecule has 0 aromatic heterocycles. The minimum absolute atomic E-state index is 0.964. The number of hydrogen-bond donors (Lipinski definition) is 10. The first-order chi connectivity index (χ1) is 14.1. The second-order valence-electron chi connectivity index (χ2n) is 6.71. The fourth-order valence-corrected chi connectivity index (χ4v) is 3.88. The van der Waals surface area contributed by atoms with Crippen LogP contribution >= 0.6 is 15.6 Å². The zero-order chi connectivity index (χ0) is 23.7. The molecule has 31 heavy (non-hydrogen) atoms. The normalized spacial score (nSPS) is 44.1. The Morgan fingerprint density at radius 2 is 1.13 bits per heavy atom. The van der Waals surface area contributed by atoms with Crippen molar-refractivity contribution in [3.05, 3.63) is 0 Å². The molecule has 0 aromatic carbocycles. The summed E-state index contributed by atoms with van der Waals surface area (Å²) in [5.74, 6) is 0. The Kier molecular flexibility index (Phi) is 9.11. The van der Waals surface area contributed by atoms with Gasteiger partial charge < -0.3 is 59.9 Å². The van der Waals surface area contributed by atoms with Gasteiger partial charge in [-0.15, -0.1) is 0 Å². The number of phosphoric acid groups is 2. The Bertz CT molecular complexity index is 686. The third-order valence-corrected chi connectivity index (χ3v) is 5.84. The van der Waals surface area contributed by atoms with Crippen molar-refractivity contribution in [3.63, 3.8) is 0 Å². The summed E-state index contributed by atoms with van der Waals surface area (Å²) in [6.45, 7) is -1.96. The van der Waals surface area contributed by atoms with E-state index in [1.54, 1.807) is 0 Å². The Morgan fingerprint density at radius 3 is 1.68 bits per heavy atom. The van der Waals surface area contributed by atoms with Crippen LogP contribution in [0.15, 0.2) is 0 Å². The van der Waals surface area contributed by atoms with Crippen LogP contribution in [0.5, 0.6) is 0 Å². The molecule has 2 rings (SSSR count). The topological polar surface area (TPSA) is 283 Å². The third kappa shape index (κ3) is 7.17. The summed E-state index contributed by atoms with van der Waals surface area (Å²) in [7, 11) is -10.2. The Morgan fingerprint density at radius 1 is 0.645 bits per heavy atom. The van der Waals surface area contributed by atoms with Gasteiger partial charge in [-0.25, -0.2) is 9.13 Å². The zero-order valence-electron chi connectivity index (χ0n) is 15.4. The van der Waals surface area contributed by atoms with Crippen molar-refractivity contribution in [2.24, 2.45) is 0 Å². The highest BCUT2D eigenvalue weighted by molar-refractivity contribution is 7.47. The van der Waals surface area contributed by atoms with E-state index in [9.17, 15) is 49.8 Å². The van der Waals surface area contributed by atoms with Crippen molar-refractivity contribution in [1.29, 1.82) is 0 Å². The van der Waals surface area contributed by atoms with E-state index in [2.05, 4.69) is 13.6 Å². The number of aliphatic hydroxyl groups excluding tert-OH is 7. The largest absolute Gasteiger partial charge is 0.474 e. The average molecular weight is 502 g/mol. The summed E-state index contributed by atoms with van der Waals surface area (Å²) >= 11 is 0. The fourth-order valence-electron chi connectivity index (χ4n) is 2.71. The zero-order valence-corrected chi connectivity index (χ0v) is 17.2. The highest BCUT2D eigenvalue weighted by Gasteiger charge is 2.48. The molecule has 0 bridgehead atoms. The standard InChI is InChI=1S/C12H24O17P2/c13-5-3(27-11(19)9(17)7(5)15)2-26-31(23,24)29-12-10(18)8(16)6(14)4(28-12)1-25-30(20,21)22/h3-19H,1-2H2,(H,23,24)(H2,20,21,22)/t3-,4-,5-,6-,7+,8+,9+,10+,11+,12-/m1/s1. The molecule has 184 valence electrons. The second kappa shape index (κ2) is 10.4.